The Kier molecular flexibility index (Phi) is 3.03. The Morgan fingerprint density at radius 2 is 2.00 bits per heavy atom. The lowest BCUT2D eigenvalue weighted by Crippen LogP contribution is -2.23. The molecule has 5 nitrogen and oxygen atoms in total. The number of sulfone groups is 1. The topological polar surface area (TPSA) is 76.4 Å². The number of nitriles is 1. The van der Waals surface area contributed by atoms with E-state index in [0.717, 1.165) is 0 Å². The van der Waals surface area contributed by atoms with Crippen molar-refractivity contribution in [1.29, 1.82) is 5.26 Å². The van der Waals surface area contributed by atoms with Crippen LogP contribution in [-0.4, -0.2) is 39.4 Å². The molecular formula is C6H9NO4S. The molecule has 0 unspecified atom stereocenters. The molecule has 12 heavy (non-hydrogen) atoms. The molecule has 0 N–H and O–H groups in total. The zero-order chi connectivity index (χ0) is 9.03. The zero-order valence-corrected chi connectivity index (χ0v) is 7.21. The van der Waals surface area contributed by atoms with Crippen LogP contribution >= 0.6 is 0 Å². The third-order valence-electron chi connectivity index (χ3n) is 1.37. The summed E-state index contributed by atoms with van der Waals surface area (Å²) in [6.07, 6.45) is -0.677. The maximum absolute atomic E-state index is 11.0. The molecule has 0 atom stereocenters. The van der Waals surface area contributed by atoms with E-state index in [0.29, 0.717) is 13.2 Å². The van der Waals surface area contributed by atoms with Gasteiger partial charge in [0.1, 0.15) is 11.5 Å². The van der Waals surface area contributed by atoms with Gasteiger partial charge < -0.3 is 9.47 Å². The molecule has 0 radical (unpaired) electrons. The van der Waals surface area contributed by atoms with Crippen LogP contribution in [0.4, 0.5) is 0 Å². The van der Waals surface area contributed by atoms with E-state index < -0.39 is 21.9 Å². The molecular weight excluding hydrogens is 182 g/mol. The summed E-state index contributed by atoms with van der Waals surface area (Å²) in [5, 5.41) is 8.17. The fraction of sp³-hybridized carbons (Fsp3) is 0.833. The van der Waals surface area contributed by atoms with Crippen LogP contribution in [-0.2, 0) is 19.3 Å². The lowest BCUT2D eigenvalue weighted by Gasteiger charge is -2.06. The maximum Gasteiger partial charge on any atom is 0.171 e. The monoisotopic (exact) mass is 191 g/mol. The van der Waals surface area contributed by atoms with Crippen molar-refractivity contribution in [1.82, 2.24) is 0 Å². The van der Waals surface area contributed by atoms with Crippen LogP contribution in [0.15, 0.2) is 0 Å². The highest BCUT2D eigenvalue weighted by Crippen LogP contribution is 2.06. The summed E-state index contributed by atoms with van der Waals surface area (Å²) in [5.74, 6) is -0.698. The zero-order valence-electron chi connectivity index (χ0n) is 6.39. The second kappa shape index (κ2) is 3.85. The van der Waals surface area contributed by atoms with Crippen molar-refractivity contribution >= 4 is 9.84 Å². The highest BCUT2D eigenvalue weighted by molar-refractivity contribution is 7.91. The SMILES string of the molecule is N#CCS(=O)(=O)CC1OCCO1. The average molecular weight is 191 g/mol. The molecule has 0 bridgehead atoms. The normalized spacial score (nSPS) is 19.2. The van der Waals surface area contributed by atoms with Gasteiger partial charge in [-0.2, -0.15) is 5.26 Å². The van der Waals surface area contributed by atoms with Crippen LogP contribution in [0.1, 0.15) is 0 Å². The lowest BCUT2D eigenvalue weighted by atomic mass is 10.8. The minimum Gasteiger partial charge on any atom is -0.349 e. The highest BCUT2D eigenvalue weighted by Gasteiger charge is 2.23. The van der Waals surface area contributed by atoms with Crippen LogP contribution in [0, 0.1) is 11.3 Å². The van der Waals surface area contributed by atoms with Gasteiger partial charge in [-0.15, -0.1) is 0 Å². The molecule has 0 aromatic rings. The van der Waals surface area contributed by atoms with Gasteiger partial charge in [0.15, 0.2) is 16.1 Å². The maximum atomic E-state index is 11.0. The largest absolute Gasteiger partial charge is 0.349 e. The first kappa shape index (κ1) is 9.45. The molecule has 1 rings (SSSR count). The van der Waals surface area contributed by atoms with Crippen molar-refractivity contribution in [2.45, 2.75) is 6.29 Å². The van der Waals surface area contributed by atoms with E-state index in [1.54, 1.807) is 6.07 Å². The third-order valence-corrected chi connectivity index (χ3v) is 2.71. The van der Waals surface area contributed by atoms with Crippen LogP contribution in [0.2, 0.25) is 0 Å². The van der Waals surface area contributed by atoms with Crippen molar-refractivity contribution in [2.24, 2.45) is 0 Å². The molecule has 1 saturated heterocycles. The molecule has 68 valence electrons. The van der Waals surface area contributed by atoms with Crippen LogP contribution in [0.25, 0.3) is 0 Å². The Labute approximate surface area is 70.8 Å². The molecule has 0 aliphatic carbocycles. The fourth-order valence-electron chi connectivity index (χ4n) is 0.868. The van der Waals surface area contributed by atoms with Gasteiger partial charge in [0.25, 0.3) is 0 Å². The Morgan fingerprint density at radius 3 is 2.50 bits per heavy atom. The van der Waals surface area contributed by atoms with Gasteiger partial charge in [-0.25, -0.2) is 8.42 Å². The van der Waals surface area contributed by atoms with Crippen molar-refractivity contribution in [3.63, 3.8) is 0 Å². The quantitative estimate of drug-likeness (QED) is 0.589. The smallest absolute Gasteiger partial charge is 0.171 e. The second-order valence-electron chi connectivity index (χ2n) is 2.38. The molecule has 0 amide bonds. The van der Waals surface area contributed by atoms with E-state index in [1.165, 1.54) is 0 Å². The van der Waals surface area contributed by atoms with E-state index in [9.17, 15) is 8.42 Å². The van der Waals surface area contributed by atoms with Gasteiger partial charge in [0.2, 0.25) is 0 Å². The summed E-state index contributed by atoms with van der Waals surface area (Å²) in [7, 11) is -3.33. The van der Waals surface area contributed by atoms with E-state index in [2.05, 4.69) is 0 Å². The van der Waals surface area contributed by atoms with Crippen molar-refractivity contribution in [2.75, 3.05) is 24.7 Å². The second-order valence-corrected chi connectivity index (χ2v) is 4.49. The van der Waals surface area contributed by atoms with E-state index in [4.69, 9.17) is 14.7 Å². The Balaban J connectivity index is 2.44. The number of hydrogen-bond donors (Lipinski definition) is 0. The van der Waals surface area contributed by atoms with Gasteiger partial charge in [0, 0.05) is 0 Å². The Bertz CT molecular complexity index is 272. The van der Waals surface area contributed by atoms with Gasteiger partial charge in [0.05, 0.1) is 19.3 Å². The summed E-state index contributed by atoms with van der Waals surface area (Å²) in [6, 6.07) is 1.58. The summed E-state index contributed by atoms with van der Waals surface area (Å²) in [6.45, 7) is 0.847. The number of nitrogens with zero attached hydrogens (tertiary/aromatic N) is 1. The molecule has 0 saturated carbocycles. The van der Waals surface area contributed by atoms with Gasteiger partial charge in [-0.05, 0) is 0 Å². The molecule has 1 heterocycles. The van der Waals surface area contributed by atoms with Crippen molar-refractivity contribution < 1.29 is 17.9 Å². The fourth-order valence-corrected chi connectivity index (χ4v) is 1.79. The first-order valence-corrected chi connectivity index (χ1v) is 5.27. The van der Waals surface area contributed by atoms with Crippen LogP contribution in [0.5, 0.6) is 0 Å². The third kappa shape index (κ3) is 2.77. The van der Waals surface area contributed by atoms with E-state index in [1.807, 2.05) is 0 Å². The number of ether oxygens (including phenoxy) is 2. The Morgan fingerprint density at radius 1 is 1.42 bits per heavy atom. The van der Waals surface area contributed by atoms with Crippen LogP contribution in [0.3, 0.4) is 0 Å². The molecule has 0 spiro atoms. The molecule has 1 aliphatic heterocycles. The average Bonchev–Trinajstić information content (AvgIpc) is 2.38. The molecule has 0 aromatic carbocycles. The van der Waals surface area contributed by atoms with E-state index in [-0.39, 0.29) is 5.75 Å². The summed E-state index contributed by atoms with van der Waals surface area (Å²) < 4.78 is 31.9. The lowest BCUT2D eigenvalue weighted by molar-refractivity contribution is -0.0226. The van der Waals surface area contributed by atoms with Crippen LogP contribution < -0.4 is 0 Å². The predicted molar refractivity (Wildman–Crippen MR) is 40.0 cm³/mol. The highest BCUT2D eigenvalue weighted by atomic mass is 32.2. The standard InChI is InChI=1S/C6H9NO4S/c7-1-4-12(8,9)5-6-10-2-3-11-6/h6H,2-5H2. The van der Waals surface area contributed by atoms with Gasteiger partial charge in [-0.1, -0.05) is 0 Å². The summed E-state index contributed by atoms with van der Waals surface area (Å²) >= 11 is 0. The molecule has 0 aromatic heterocycles. The first-order chi connectivity index (χ1) is 5.64. The first-order valence-electron chi connectivity index (χ1n) is 3.44. The van der Waals surface area contributed by atoms with E-state index >= 15 is 0 Å². The molecule has 1 fully saturated rings. The summed E-state index contributed by atoms with van der Waals surface area (Å²) in [4.78, 5) is 0. The summed E-state index contributed by atoms with van der Waals surface area (Å²) in [5.41, 5.74) is 0. The minimum atomic E-state index is -3.33. The number of rotatable bonds is 3. The van der Waals surface area contributed by atoms with Gasteiger partial charge in [-0.3, -0.25) is 0 Å². The molecule has 6 heteroatoms. The van der Waals surface area contributed by atoms with Gasteiger partial charge >= 0.3 is 0 Å². The number of hydrogen-bond acceptors (Lipinski definition) is 5. The van der Waals surface area contributed by atoms with Crippen molar-refractivity contribution in [3.05, 3.63) is 0 Å². The van der Waals surface area contributed by atoms with Crippen molar-refractivity contribution in [3.8, 4) is 6.07 Å². The molecule has 1 aliphatic rings. The minimum absolute atomic E-state index is 0.222. The Hall–Kier alpha value is -0.640. The predicted octanol–water partition coefficient (Wildman–Crippen LogP) is -0.702.